The molecule has 2 heterocycles. The number of benzene rings is 1. The number of aryl methyl sites for hydroxylation is 1. The van der Waals surface area contributed by atoms with E-state index in [0.29, 0.717) is 23.4 Å². The smallest absolute Gasteiger partial charge is 0.356 e. The number of nitrogens with zero attached hydrogens (tertiary/aromatic N) is 2. The molecule has 0 saturated heterocycles. The van der Waals surface area contributed by atoms with Crippen molar-refractivity contribution in [2.45, 2.75) is 38.8 Å². The minimum Gasteiger partial charge on any atom is -0.356 e. The van der Waals surface area contributed by atoms with Crippen LogP contribution in [0.1, 0.15) is 48.2 Å². The molecule has 1 aromatic carbocycles. The van der Waals surface area contributed by atoms with Crippen molar-refractivity contribution in [1.29, 1.82) is 0 Å². The predicted molar refractivity (Wildman–Crippen MR) is 101 cm³/mol. The number of amides is 1. The number of hydrogen-bond donors (Lipinski definition) is 1. The fourth-order valence-corrected chi connectivity index (χ4v) is 3.32. The second-order valence-corrected chi connectivity index (χ2v) is 6.77. The molecule has 1 amide bonds. The Morgan fingerprint density at radius 1 is 1.21 bits per heavy atom. The molecule has 1 unspecified atom stereocenters. The summed E-state index contributed by atoms with van der Waals surface area (Å²) in [7, 11) is 0. The highest BCUT2D eigenvalue weighted by molar-refractivity contribution is 5.77. The van der Waals surface area contributed by atoms with Gasteiger partial charge in [-0.05, 0) is 37.1 Å². The average molecular weight is 389 g/mol. The van der Waals surface area contributed by atoms with E-state index in [4.69, 9.17) is 0 Å². The van der Waals surface area contributed by atoms with E-state index >= 15 is 0 Å². The third-order valence-corrected chi connectivity index (χ3v) is 4.69. The molecule has 0 spiro atoms. The van der Waals surface area contributed by atoms with E-state index in [9.17, 15) is 18.0 Å². The molecule has 28 heavy (non-hydrogen) atoms. The molecule has 0 radical (unpaired) electrons. The molecule has 1 atom stereocenters. The number of pyridine rings is 1. The van der Waals surface area contributed by atoms with Gasteiger partial charge < -0.3 is 9.72 Å². The Morgan fingerprint density at radius 3 is 2.68 bits per heavy atom. The summed E-state index contributed by atoms with van der Waals surface area (Å²) in [6, 6.07) is 10.8. The lowest BCUT2D eigenvalue weighted by molar-refractivity contribution is -0.137. The number of rotatable bonds is 6. The summed E-state index contributed by atoms with van der Waals surface area (Å²) in [6.07, 6.45) is -1.97. The number of carbonyl (C=O) groups excluding carboxylic acids is 1. The highest BCUT2D eigenvalue weighted by atomic mass is 19.4. The number of nitrogens with one attached hydrogen (secondary N) is 1. The van der Waals surface area contributed by atoms with Gasteiger partial charge in [0.1, 0.15) is 5.65 Å². The molecule has 3 rings (SSSR count). The van der Waals surface area contributed by atoms with Crippen LogP contribution in [0.15, 0.2) is 48.7 Å². The number of hydrogen-bond acceptors (Lipinski definition) is 2. The van der Waals surface area contributed by atoms with E-state index in [2.05, 4.69) is 10.3 Å². The highest BCUT2D eigenvalue weighted by Crippen LogP contribution is 2.34. The van der Waals surface area contributed by atoms with E-state index < -0.39 is 17.7 Å². The molecule has 148 valence electrons. The Morgan fingerprint density at radius 2 is 1.96 bits per heavy atom. The summed E-state index contributed by atoms with van der Waals surface area (Å²) in [5.74, 6) is -0.747. The monoisotopic (exact) mass is 389 g/mol. The van der Waals surface area contributed by atoms with Gasteiger partial charge in [-0.1, -0.05) is 31.2 Å². The SMILES string of the molecule is CCCNC(=O)CC(c1cccc(C(F)(F)F)c1)c1cnc2cccc(C)n12. The minimum absolute atomic E-state index is 0.0451. The molecule has 4 nitrogen and oxygen atoms in total. The van der Waals surface area contributed by atoms with Crippen LogP contribution in [0.2, 0.25) is 0 Å². The number of carbonyl (C=O) groups is 1. The lowest BCUT2D eigenvalue weighted by atomic mass is 9.91. The van der Waals surface area contributed by atoms with Crippen LogP contribution in [0.3, 0.4) is 0 Å². The van der Waals surface area contributed by atoms with Crippen LogP contribution in [-0.2, 0) is 11.0 Å². The van der Waals surface area contributed by atoms with Gasteiger partial charge in [-0.25, -0.2) is 4.98 Å². The zero-order valence-corrected chi connectivity index (χ0v) is 15.8. The Bertz CT molecular complexity index is 978. The van der Waals surface area contributed by atoms with Crippen LogP contribution < -0.4 is 5.32 Å². The van der Waals surface area contributed by atoms with Crippen molar-refractivity contribution in [3.63, 3.8) is 0 Å². The summed E-state index contributed by atoms with van der Waals surface area (Å²) in [6.45, 7) is 4.37. The van der Waals surface area contributed by atoms with Crippen molar-refractivity contribution in [3.8, 4) is 0 Å². The van der Waals surface area contributed by atoms with Gasteiger partial charge in [-0.15, -0.1) is 0 Å². The number of alkyl halides is 3. The van der Waals surface area contributed by atoms with Gasteiger partial charge in [-0.2, -0.15) is 13.2 Å². The molecule has 0 aliphatic rings. The normalized spacial score (nSPS) is 12.9. The van der Waals surface area contributed by atoms with E-state index in [0.717, 1.165) is 24.2 Å². The van der Waals surface area contributed by atoms with Gasteiger partial charge in [0.2, 0.25) is 5.91 Å². The minimum atomic E-state index is -4.44. The fourth-order valence-electron chi connectivity index (χ4n) is 3.32. The molecule has 0 aliphatic heterocycles. The Hall–Kier alpha value is -2.83. The molecule has 0 saturated carbocycles. The average Bonchev–Trinajstić information content (AvgIpc) is 3.09. The molecule has 1 N–H and O–H groups in total. The summed E-state index contributed by atoms with van der Waals surface area (Å²) >= 11 is 0. The van der Waals surface area contributed by atoms with E-state index in [-0.39, 0.29) is 12.3 Å². The summed E-state index contributed by atoms with van der Waals surface area (Å²) < 4.78 is 41.6. The van der Waals surface area contributed by atoms with E-state index in [1.807, 2.05) is 36.4 Å². The number of imidazole rings is 1. The van der Waals surface area contributed by atoms with Crippen LogP contribution in [0.4, 0.5) is 13.2 Å². The lowest BCUT2D eigenvalue weighted by Crippen LogP contribution is -2.26. The molecular weight excluding hydrogens is 367 g/mol. The molecule has 2 aromatic heterocycles. The van der Waals surface area contributed by atoms with Gasteiger partial charge in [-0.3, -0.25) is 4.79 Å². The predicted octanol–water partition coefficient (Wildman–Crippen LogP) is 4.71. The first kappa shape index (κ1) is 19.9. The molecule has 3 aromatic rings. The van der Waals surface area contributed by atoms with E-state index in [1.54, 1.807) is 12.3 Å². The third-order valence-electron chi connectivity index (χ3n) is 4.69. The van der Waals surface area contributed by atoms with Crippen LogP contribution in [0.5, 0.6) is 0 Å². The van der Waals surface area contributed by atoms with Crippen molar-refractivity contribution in [2.75, 3.05) is 6.54 Å². The molecule has 0 fully saturated rings. The Kier molecular flexibility index (Phi) is 5.72. The van der Waals surface area contributed by atoms with Crippen LogP contribution in [0, 0.1) is 6.92 Å². The summed E-state index contributed by atoms with van der Waals surface area (Å²) in [4.78, 5) is 16.8. The first-order valence-corrected chi connectivity index (χ1v) is 9.18. The maximum Gasteiger partial charge on any atom is 0.416 e. The summed E-state index contributed by atoms with van der Waals surface area (Å²) in [5, 5.41) is 2.81. The highest BCUT2D eigenvalue weighted by Gasteiger charge is 2.32. The molecule has 0 bridgehead atoms. The maximum absolute atomic E-state index is 13.2. The van der Waals surface area contributed by atoms with Gasteiger partial charge in [0, 0.05) is 30.8 Å². The Labute approximate surface area is 161 Å². The second-order valence-electron chi connectivity index (χ2n) is 6.77. The van der Waals surface area contributed by atoms with Gasteiger partial charge in [0.05, 0.1) is 11.3 Å². The Balaban J connectivity index is 2.09. The standard InChI is InChI=1S/C21H22F3N3O/c1-3-10-25-20(28)12-17(15-7-5-8-16(11-15)21(22,23)24)18-13-26-19-9-4-6-14(2)27(18)19/h4-9,11,13,17H,3,10,12H2,1-2H3,(H,25,28). The molecule has 0 aliphatic carbocycles. The van der Waals surface area contributed by atoms with Crippen LogP contribution >= 0.6 is 0 Å². The number of fused-ring (bicyclic) bond motifs is 1. The van der Waals surface area contributed by atoms with Gasteiger partial charge >= 0.3 is 6.18 Å². The zero-order chi connectivity index (χ0) is 20.3. The molecular formula is C21H22F3N3O. The van der Waals surface area contributed by atoms with Crippen LogP contribution in [0.25, 0.3) is 5.65 Å². The molecule has 7 heteroatoms. The third kappa shape index (κ3) is 4.18. The number of aromatic nitrogens is 2. The largest absolute Gasteiger partial charge is 0.416 e. The first-order chi connectivity index (χ1) is 13.3. The van der Waals surface area contributed by atoms with Crippen molar-refractivity contribution in [1.82, 2.24) is 14.7 Å². The summed E-state index contributed by atoms with van der Waals surface area (Å²) in [5.41, 5.74) is 2.00. The quantitative estimate of drug-likeness (QED) is 0.664. The van der Waals surface area contributed by atoms with Crippen molar-refractivity contribution in [2.24, 2.45) is 0 Å². The zero-order valence-electron chi connectivity index (χ0n) is 15.8. The van der Waals surface area contributed by atoms with Crippen molar-refractivity contribution in [3.05, 3.63) is 71.2 Å². The van der Waals surface area contributed by atoms with E-state index in [1.165, 1.54) is 6.07 Å². The number of halogens is 3. The lowest BCUT2D eigenvalue weighted by Gasteiger charge is -2.19. The topological polar surface area (TPSA) is 46.4 Å². The first-order valence-electron chi connectivity index (χ1n) is 9.18. The van der Waals surface area contributed by atoms with Gasteiger partial charge in [0.25, 0.3) is 0 Å². The fraction of sp³-hybridized carbons (Fsp3) is 0.333. The van der Waals surface area contributed by atoms with Crippen molar-refractivity contribution >= 4 is 11.6 Å². The second kappa shape index (κ2) is 8.04. The van der Waals surface area contributed by atoms with Gasteiger partial charge in [0.15, 0.2) is 0 Å². The maximum atomic E-state index is 13.2. The van der Waals surface area contributed by atoms with Crippen molar-refractivity contribution < 1.29 is 18.0 Å². The van der Waals surface area contributed by atoms with Crippen LogP contribution in [-0.4, -0.2) is 21.8 Å².